The van der Waals surface area contributed by atoms with E-state index in [4.69, 9.17) is 4.42 Å². The fourth-order valence-electron chi connectivity index (χ4n) is 1.95. The first kappa shape index (κ1) is 15.2. The number of piperazine rings is 1. The zero-order valence-electron chi connectivity index (χ0n) is 12.0. The molecule has 0 bridgehead atoms. The summed E-state index contributed by atoms with van der Waals surface area (Å²) in [5.41, 5.74) is 0. The molecule has 8 nitrogen and oxygen atoms in total. The highest BCUT2D eigenvalue weighted by Crippen LogP contribution is 2.15. The SMILES string of the molecule is CC(C)NCc1nnc(N2CCN(S(C)(=O)=O)CC2)o1. The maximum Gasteiger partial charge on any atom is 0.318 e. The third-order valence-electron chi connectivity index (χ3n) is 3.10. The summed E-state index contributed by atoms with van der Waals surface area (Å²) in [6, 6.07) is 0.808. The average Bonchev–Trinajstić information content (AvgIpc) is 2.84. The van der Waals surface area contributed by atoms with Gasteiger partial charge in [-0.25, -0.2) is 8.42 Å². The quantitative estimate of drug-likeness (QED) is 0.795. The van der Waals surface area contributed by atoms with E-state index in [1.54, 1.807) is 0 Å². The van der Waals surface area contributed by atoms with E-state index in [0.717, 1.165) is 0 Å². The monoisotopic (exact) mass is 303 g/mol. The van der Waals surface area contributed by atoms with Crippen molar-refractivity contribution < 1.29 is 12.8 Å². The van der Waals surface area contributed by atoms with E-state index < -0.39 is 10.0 Å². The molecule has 0 aromatic carbocycles. The zero-order chi connectivity index (χ0) is 14.8. The lowest BCUT2D eigenvalue weighted by atomic mass is 10.4. The van der Waals surface area contributed by atoms with Crippen LogP contribution in [0.4, 0.5) is 6.01 Å². The Morgan fingerprint density at radius 2 is 1.90 bits per heavy atom. The molecule has 20 heavy (non-hydrogen) atoms. The molecular weight excluding hydrogens is 282 g/mol. The minimum Gasteiger partial charge on any atom is -0.407 e. The largest absolute Gasteiger partial charge is 0.407 e. The fraction of sp³-hybridized carbons (Fsp3) is 0.818. The summed E-state index contributed by atoms with van der Waals surface area (Å²) in [7, 11) is -3.11. The summed E-state index contributed by atoms with van der Waals surface area (Å²) in [5.74, 6) is 0.541. The third kappa shape index (κ3) is 3.90. The molecule has 1 N–H and O–H groups in total. The van der Waals surface area contributed by atoms with Crippen molar-refractivity contribution >= 4 is 16.0 Å². The summed E-state index contributed by atoms with van der Waals surface area (Å²) < 4.78 is 29.9. The van der Waals surface area contributed by atoms with Gasteiger partial charge in [0.2, 0.25) is 15.9 Å². The molecule has 2 heterocycles. The highest BCUT2D eigenvalue weighted by molar-refractivity contribution is 7.88. The van der Waals surface area contributed by atoms with Crippen LogP contribution >= 0.6 is 0 Å². The third-order valence-corrected chi connectivity index (χ3v) is 4.40. The standard InChI is InChI=1S/C11H21N5O3S/c1-9(2)12-8-10-13-14-11(19-10)15-4-6-16(7-5-15)20(3,17)18/h9,12H,4-8H2,1-3H3. The molecule has 2 rings (SSSR count). The smallest absolute Gasteiger partial charge is 0.318 e. The molecule has 0 saturated carbocycles. The van der Waals surface area contributed by atoms with Gasteiger partial charge in [0.15, 0.2) is 0 Å². The van der Waals surface area contributed by atoms with Crippen LogP contribution in [-0.4, -0.2) is 61.4 Å². The first-order valence-corrected chi connectivity index (χ1v) is 8.47. The second-order valence-electron chi connectivity index (χ2n) is 5.16. The van der Waals surface area contributed by atoms with Gasteiger partial charge in [0, 0.05) is 32.2 Å². The molecule has 114 valence electrons. The topological polar surface area (TPSA) is 91.6 Å². The van der Waals surface area contributed by atoms with Crippen LogP contribution in [-0.2, 0) is 16.6 Å². The van der Waals surface area contributed by atoms with Gasteiger partial charge in [-0.3, -0.25) is 0 Å². The zero-order valence-corrected chi connectivity index (χ0v) is 12.9. The number of nitrogens with zero attached hydrogens (tertiary/aromatic N) is 4. The number of hydrogen-bond acceptors (Lipinski definition) is 7. The highest BCUT2D eigenvalue weighted by Gasteiger charge is 2.25. The Labute approximate surface area is 119 Å². The normalized spacial score (nSPS) is 17.9. The van der Waals surface area contributed by atoms with Gasteiger partial charge in [0.1, 0.15) is 0 Å². The molecule has 1 aliphatic rings. The Bertz CT molecular complexity index is 534. The number of aromatic nitrogens is 2. The van der Waals surface area contributed by atoms with Gasteiger partial charge >= 0.3 is 6.01 Å². The molecule has 1 aromatic heterocycles. The molecule has 1 aliphatic heterocycles. The van der Waals surface area contributed by atoms with Gasteiger partial charge in [-0.15, -0.1) is 5.10 Å². The number of sulfonamides is 1. The van der Waals surface area contributed by atoms with E-state index in [9.17, 15) is 8.42 Å². The van der Waals surface area contributed by atoms with Gasteiger partial charge < -0.3 is 14.6 Å². The Balaban J connectivity index is 1.91. The van der Waals surface area contributed by atoms with E-state index in [0.29, 0.717) is 50.7 Å². The molecule has 9 heteroatoms. The second-order valence-corrected chi connectivity index (χ2v) is 7.15. The van der Waals surface area contributed by atoms with Crippen LogP contribution in [0, 0.1) is 0 Å². The van der Waals surface area contributed by atoms with Crippen molar-refractivity contribution in [3.8, 4) is 0 Å². The van der Waals surface area contributed by atoms with E-state index in [1.807, 2.05) is 18.7 Å². The average molecular weight is 303 g/mol. The van der Waals surface area contributed by atoms with Gasteiger partial charge in [0.05, 0.1) is 12.8 Å². The Hall–Kier alpha value is -1.19. The highest BCUT2D eigenvalue weighted by atomic mass is 32.2. The minimum absolute atomic E-state index is 0.351. The maximum absolute atomic E-state index is 11.4. The summed E-state index contributed by atoms with van der Waals surface area (Å²) in [6.45, 7) is 6.64. The summed E-state index contributed by atoms with van der Waals surface area (Å²) in [6.07, 6.45) is 1.23. The first-order chi connectivity index (χ1) is 9.36. The minimum atomic E-state index is -3.11. The molecular formula is C11H21N5O3S. The van der Waals surface area contributed by atoms with Crippen LogP contribution in [0.5, 0.6) is 0 Å². The molecule has 1 fully saturated rings. The number of rotatable bonds is 5. The predicted octanol–water partition coefficient (Wildman–Crippen LogP) is -0.351. The summed E-state index contributed by atoms with van der Waals surface area (Å²) in [4.78, 5) is 1.91. The van der Waals surface area contributed by atoms with Gasteiger partial charge in [-0.1, -0.05) is 18.9 Å². The van der Waals surface area contributed by atoms with E-state index in [2.05, 4.69) is 15.5 Å². The molecule has 0 unspecified atom stereocenters. The van der Waals surface area contributed by atoms with Crippen LogP contribution < -0.4 is 10.2 Å². The molecule has 0 radical (unpaired) electrons. The fourth-order valence-corrected chi connectivity index (χ4v) is 2.77. The lowest BCUT2D eigenvalue weighted by molar-refractivity contribution is 0.369. The molecule has 0 aliphatic carbocycles. The van der Waals surface area contributed by atoms with Gasteiger partial charge in [-0.05, 0) is 0 Å². The van der Waals surface area contributed by atoms with Crippen LogP contribution in [0.25, 0.3) is 0 Å². The number of nitrogens with one attached hydrogen (secondary N) is 1. The Morgan fingerprint density at radius 1 is 1.25 bits per heavy atom. The molecule has 0 amide bonds. The van der Waals surface area contributed by atoms with E-state index >= 15 is 0 Å². The summed E-state index contributed by atoms with van der Waals surface area (Å²) >= 11 is 0. The van der Waals surface area contributed by atoms with Crippen molar-refractivity contribution in [3.63, 3.8) is 0 Å². The van der Waals surface area contributed by atoms with Crippen molar-refractivity contribution in [2.75, 3.05) is 37.3 Å². The van der Waals surface area contributed by atoms with Gasteiger partial charge in [0.25, 0.3) is 0 Å². The lowest BCUT2D eigenvalue weighted by Gasteiger charge is -2.31. The molecule has 0 atom stereocenters. The number of hydrogen-bond donors (Lipinski definition) is 1. The Morgan fingerprint density at radius 3 is 2.45 bits per heavy atom. The Kier molecular flexibility index (Phi) is 4.61. The van der Waals surface area contributed by atoms with E-state index in [-0.39, 0.29) is 0 Å². The van der Waals surface area contributed by atoms with Crippen LogP contribution in [0.3, 0.4) is 0 Å². The van der Waals surface area contributed by atoms with Crippen molar-refractivity contribution in [2.45, 2.75) is 26.4 Å². The van der Waals surface area contributed by atoms with E-state index in [1.165, 1.54) is 10.6 Å². The summed E-state index contributed by atoms with van der Waals surface area (Å²) in [5, 5.41) is 11.2. The number of anilines is 1. The lowest BCUT2D eigenvalue weighted by Crippen LogP contribution is -2.48. The predicted molar refractivity (Wildman–Crippen MR) is 74.9 cm³/mol. The van der Waals surface area contributed by atoms with Crippen molar-refractivity contribution in [2.24, 2.45) is 0 Å². The molecule has 0 spiro atoms. The molecule has 1 aromatic rings. The molecule has 1 saturated heterocycles. The van der Waals surface area contributed by atoms with Crippen LogP contribution in [0.1, 0.15) is 19.7 Å². The van der Waals surface area contributed by atoms with Crippen molar-refractivity contribution in [1.82, 2.24) is 19.8 Å². The van der Waals surface area contributed by atoms with Crippen molar-refractivity contribution in [1.29, 1.82) is 0 Å². The maximum atomic E-state index is 11.4. The van der Waals surface area contributed by atoms with Crippen LogP contribution in [0.15, 0.2) is 4.42 Å². The first-order valence-electron chi connectivity index (χ1n) is 6.62. The van der Waals surface area contributed by atoms with Crippen LogP contribution in [0.2, 0.25) is 0 Å². The van der Waals surface area contributed by atoms with Gasteiger partial charge in [-0.2, -0.15) is 4.31 Å². The van der Waals surface area contributed by atoms with Crippen molar-refractivity contribution in [3.05, 3.63) is 5.89 Å². The second kappa shape index (κ2) is 6.06.